The maximum absolute atomic E-state index is 5.67. The van der Waals surface area contributed by atoms with Crippen LogP contribution in [0.2, 0.25) is 0 Å². The van der Waals surface area contributed by atoms with Crippen molar-refractivity contribution in [2.24, 2.45) is 4.99 Å². The average molecular weight is 331 g/mol. The lowest BCUT2D eigenvalue weighted by Gasteiger charge is -2.13. The van der Waals surface area contributed by atoms with Gasteiger partial charge in [0.25, 0.3) is 0 Å². The summed E-state index contributed by atoms with van der Waals surface area (Å²) in [4.78, 5) is 4.62. The monoisotopic (exact) mass is 331 g/mol. The third-order valence-electron chi connectivity index (χ3n) is 3.30. The van der Waals surface area contributed by atoms with Crippen molar-refractivity contribution in [3.05, 3.63) is 52.2 Å². The Hall–Kier alpha value is -2.01. The molecule has 2 N–H and O–H groups in total. The summed E-state index contributed by atoms with van der Waals surface area (Å²) in [7, 11) is 0. The maximum Gasteiger partial charge on any atom is 0.191 e. The van der Waals surface area contributed by atoms with Gasteiger partial charge in [-0.3, -0.25) is 0 Å². The van der Waals surface area contributed by atoms with Gasteiger partial charge in [0.1, 0.15) is 5.75 Å². The fourth-order valence-electron chi connectivity index (χ4n) is 2.22. The molecule has 0 aliphatic rings. The van der Waals surface area contributed by atoms with E-state index in [-0.39, 0.29) is 0 Å². The largest absolute Gasteiger partial charge is 0.494 e. The van der Waals surface area contributed by atoms with Gasteiger partial charge in [0.05, 0.1) is 13.2 Å². The Labute approximate surface area is 142 Å². The second-order valence-electron chi connectivity index (χ2n) is 5.04. The number of rotatable bonds is 8. The van der Waals surface area contributed by atoms with Gasteiger partial charge in [-0.05, 0) is 54.3 Å². The van der Waals surface area contributed by atoms with Crippen LogP contribution in [0.1, 0.15) is 25.0 Å². The Kier molecular flexibility index (Phi) is 7.46. The number of nitrogens with zero attached hydrogens (tertiary/aromatic N) is 1. The first-order valence-electron chi connectivity index (χ1n) is 8.07. The molecule has 0 radical (unpaired) electrons. The number of thiophene rings is 1. The molecule has 0 saturated carbocycles. The normalized spacial score (nSPS) is 11.3. The molecule has 4 nitrogen and oxygen atoms in total. The number of ether oxygens (including phenoxy) is 1. The molecule has 124 valence electrons. The van der Waals surface area contributed by atoms with E-state index >= 15 is 0 Å². The van der Waals surface area contributed by atoms with Gasteiger partial charge in [0.2, 0.25) is 0 Å². The third kappa shape index (κ3) is 5.94. The Morgan fingerprint density at radius 2 is 2.04 bits per heavy atom. The second kappa shape index (κ2) is 9.90. The van der Waals surface area contributed by atoms with Crippen LogP contribution in [0.3, 0.4) is 0 Å². The smallest absolute Gasteiger partial charge is 0.191 e. The van der Waals surface area contributed by atoms with E-state index in [9.17, 15) is 0 Å². The highest BCUT2D eigenvalue weighted by Crippen LogP contribution is 2.17. The molecule has 23 heavy (non-hydrogen) atoms. The number of hydrogen-bond acceptors (Lipinski definition) is 3. The summed E-state index contributed by atoms with van der Waals surface area (Å²) < 4.78 is 5.67. The van der Waals surface area contributed by atoms with Crippen LogP contribution in [-0.2, 0) is 13.0 Å². The summed E-state index contributed by atoms with van der Waals surface area (Å²) in [5, 5.41) is 10.9. The van der Waals surface area contributed by atoms with Crippen LogP contribution in [-0.4, -0.2) is 25.7 Å². The van der Waals surface area contributed by atoms with Gasteiger partial charge in [-0.25, -0.2) is 4.99 Å². The number of guanidine groups is 1. The highest BCUT2D eigenvalue weighted by atomic mass is 32.1. The van der Waals surface area contributed by atoms with Crippen LogP contribution in [0.5, 0.6) is 5.75 Å². The summed E-state index contributed by atoms with van der Waals surface area (Å²) in [5.74, 6) is 1.82. The number of hydrogen-bond donors (Lipinski definition) is 2. The maximum atomic E-state index is 5.67. The van der Waals surface area contributed by atoms with Crippen LogP contribution in [0.15, 0.2) is 46.1 Å². The van der Waals surface area contributed by atoms with Crippen LogP contribution in [0.25, 0.3) is 0 Å². The number of aliphatic imine (C=N–C) groups is 1. The van der Waals surface area contributed by atoms with Gasteiger partial charge in [-0.15, -0.1) is 0 Å². The molecule has 0 fully saturated rings. The Morgan fingerprint density at radius 3 is 2.78 bits per heavy atom. The zero-order valence-corrected chi connectivity index (χ0v) is 14.7. The van der Waals surface area contributed by atoms with Crippen molar-refractivity contribution in [2.75, 3.05) is 19.7 Å². The molecule has 2 aromatic rings. The molecule has 1 aromatic carbocycles. The fraction of sp³-hybridized carbons (Fsp3) is 0.389. The fourth-order valence-corrected chi connectivity index (χ4v) is 2.88. The second-order valence-corrected chi connectivity index (χ2v) is 5.82. The average Bonchev–Trinajstić information content (AvgIpc) is 3.08. The summed E-state index contributed by atoms with van der Waals surface area (Å²) in [6.07, 6.45) is 0.902. The summed E-state index contributed by atoms with van der Waals surface area (Å²) in [6, 6.07) is 10.3. The van der Waals surface area contributed by atoms with Crippen molar-refractivity contribution in [1.29, 1.82) is 0 Å². The van der Waals surface area contributed by atoms with E-state index in [0.717, 1.165) is 31.2 Å². The van der Waals surface area contributed by atoms with Gasteiger partial charge in [0, 0.05) is 13.1 Å². The molecular weight excluding hydrogens is 306 g/mol. The first-order valence-corrected chi connectivity index (χ1v) is 9.01. The number of para-hydroxylation sites is 1. The Morgan fingerprint density at radius 1 is 1.17 bits per heavy atom. The van der Waals surface area contributed by atoms with Crippen LogP contribution in [0.4, 0.5) is 0 Å². The quantitative estimate of drug-likeness (QED) is 0.575. The van der Waals surface area contributed by atoms with E-state index in [4.69, 9.17) is 4.74 Å². The minimum absolute atomic E-state index is 0.690. The minimum atomic E-state index is 0.690. The zero-order valence-electron chi connectivity index (χ0n) is 13.8. The molecule has 0 aliphatic heterocycles. The van der Waals surface area contributed by atoms with Crippen LogP contribution >= 0.6 is 11.3 Å². The SMILES string of the molecule is CCNC(=NCc1ccsc1)NCCc1ccccc1OCC. The molecule has 0 spiro atoms. The lowest BCUT2D eigenvalue weighted by Crippen LogP contribution is -2.38. The zero-order chi connectivity index (χ0) is 16.3. The summed E-state index contributed by atoms with van der Waals surface area (Å²) in [5.41, 5.74) is 2.46. The van der Waals surface area contributed by atoms with Gasteiger partial charge in [-0.2, -0.15) is 11.3 Å². The minimum Gasteiger partial charge on any atom is -0.494 e. The van der Waals surface area contributed by atoms with Crippen LogP contribution in [0, 0.1) is 0 Å². The molecule has 1 heterocycles. The van der Waals surface area contributed by atoms with Gasteiger partial charge < -0.3 is 15.4 Å². The lowest BCUT2D eigenvalue weighted by atomic mass is 10.1. The third-order valence-corrected chi connectivity index (χ3v) is 4.04. The molecule has 2 rings (SSSR count). The number of nitrogens with one attached hydrogen (secondary N) is 2. The Balaban J connectivity index is 1.87. The van der Waals surface area contributed by atoms with E-state index in [1.807, 2.05) is 25.1 Å². The van der Waals surface area contributed by atoms with Crippen molar-refractivity contribution >= 4 is 17.3 Å². The van der Waals surface area contributed by atoms with E-state index in [2.05, 4.69) is 45.4 Å². The standard InChI is InChI=1S/C18H25N3OS/c1-3-19-18(21-13-15-10-12-23-14-15)20-11-9-16-7-5-6-8-17(16)22-4-2/h5-8,10,12,14H,3-4,9,11,13H2,1-2H3,(H2,19,20,21). The Bertz CT molecular complexity index is 596. The van der Waals surface area contributed by atoms with Crippen molar-refractivity contribution < 1.29 is 4.74 Å². The molecule has 0 amide bonds. The van der Waals surface area contributed by atoms with E-state index < -0.39 is 0 Å². The molecule has 0 atom stereocenters. The summed E-state index contributed by atoms with van der Waals surface area (Å²) >= 11 is 1.70. The predicted molar refractivity (Wildman–Crippen MR) is 98.5 cm³/mol. The van der Waals surface area contributed by atoms with Crippen LogP contribution < -0.4 is 15.4 Å². The molecule has 5 heteroatoms. The molecule has 1 aromatic heterocycles. The lowest BCUT2D eigenvalue weighted by molar-refractivity contribution is 0.336. The molecule has 0 unspecified atom stereocenters. The van der Waals surface area contributed by atoms with Crippen molar-refractivity contribution in [3.8, 4) is 5.75 Å². The highest BCUT2D eigenvalue weighted by Gasteiger charge is 2.03. The van der Waals surface area contributed by atoms with Gasteiger partial charge >= 0.3 is 0 Å². The molecule has 0 bridgehead atoms. The topological polar surface area (TPSA) is 45.7 Å². The molecule has 0 saturated heterocycles. The van der Waals surface area contributed by atoms with Crippen molar-refractivity contribution in [1.82, 2.24) is 10.6 Å². The van der Waals surface area contributed by atoms with Crippen molar-refractivity contribution in [3.63, 3.8) is 0 Å². The van der Waals surface area contributed by atoms with E-state index in [0.29, 0.717) is 13.2 Å². The highest BCUT2D eigenvalue weighted by molar-refractivity contribution is 7.07. The predicted octanol–water partition coefficient (Wildman–Crippen LogP) is 3.44. The summed E-state index contributed by atoms with van der Waals surface area (Å²) in [6.45, 7) is 7.15. The van der Waals surface area contributed by atoms with E-state index in [1.54, 1.807) is 11.3 Å². The first-order chi connectivity index (χ1) is 11.3. The van der Waals surface area contributed by atoms with Gasteiger partial charge in [0.15, 0.2) is 5.96 Å². The van der Waals surface area contributed by atoms with Gasteiger partial charge in [-0.1, -0.05) is 18.2 Å². The number of benzene rings is 1. The molecule has 0 aliphatic carbocycles. The molecular formula is C18H25N3OS. The van der Waals surface area contributed by atoms with E-state index in [1.165, 1.54) is 11.1 Å². The van der Waals surface area contributed by atoms with Crippen molar-refractivity contribution in [2.45, 2.75) is 26.8 Å². The first kappa shape index (κ1) is 17.3.